The van der Waals surface area contributed by atoms with Crippen molar-refractivity contribution in [2.75, 3.05) is 19.6 Å². The average molecular weight is 234 g/mol. The van der Waals surface area contributed by atoms with Gasteiger partial charge in [-0.2, -0.15) is 0 Å². The zero-order valence-corrected chi connectivity index (χ0v) is 10.8. The highest BCUT2D eigenvalue weighted by atomic mass is 15.2. The smallest absolute Gasteiger partial charge is 0.125 e. The van der Waals surface area contributed by atoms with Gasteiger partial charge in [0.1, 0.15) is 5.82 Å². The van der Waals surface area contributed by atoms with E-state index >= 15 is 0 Å². The number of likely N-dealkylation sites (tertiary alicyclic amines) is 1. The molecule has 0 spiro atoms. The Labute approximate surface area is 103 Å². The lowest BCUT2D eigenvalue weighted by atomic mass is 10.2. The third kappa shape index (κ3) is 3.48. The highest BCUT2D eigenvalue weighted by Gasteiger charge is 2.21. The Hall–Kier alpha value is -1.00. The molecule has 17 heavy (non-hydrogen) atoms. The largest absolute Gasteiger partial charge is 0.310 e. The fraction of sp³-hybridized carbons (Fsp3) is 0.692. The molecule has 0 bridgehead atoms. The van der Waals surface area contributed by atoms with Crippen molar-refractivity contribution in [2.24, 2.45) is 0 Å². The number of nitrogens with one attached hydrogen (secondary N) is 1. The van der Waals surface area contributed by atoms with Gasteiger partial charge in [0.25, 0.3) is 0 Å². The minimum absolute atomic E-state index is 0.711. The van der Waals surface area contributed by atoms with E-state index in [9.17, 15) is 0 Å². The topological polar surface area (TPSA) is 41.0 Å². The third-order valence-corrected chi connectivity index (χ3v) is 3.43. The van der Waals surface area contributed by atoms with Crippen LogP contribution in [-0.4, -0.2) is 40.5 Å². The van der Waals surface area contributed by atoms with Crippen LogP contribution in [0.1, 0.15) is 31.3 Å². The minimum atomic E-state index is 0.711. The molecule has 1 unspecified atom stereocenters. The molecule has 0 amide bonds. The number of rotatable bonds is 5. The van der Waals surface area contributed by atoms with Gasteiger partial charge in [0.05, 0.1) is 5.69 Å². The number of hydrogen-bond donors (Lipinski definition) is 1. The molecule has 0 aromatic carbocycles. The molecule has 1 aromatic heterocycles. The summed E-state index contributed by atoms with van der Waals surface area (Å²) in [7, 11) is 0. The maximum atomic E-state index is 4.39. The van der Waals surface area contributed by atoms with E-state index in [-0.39, 0.29) is 0 Å². The zero-order valence-electron chi connectivity index (χ0n) is 10.8. The molecule has 1 saturated heterocycles. The van der Waals surface area contributed by atoms with E-state index in [0.717, 1.165) is 24.6 Å². The van der Waals surface area contributed by atoms with Crippen molar-refractivity contribution in [1.29, 1.82) is 0 Å². The Kier molecular flexibility index (Phi) is 4.45. The normalized spacial score (nSPS) is 20.9. The van der Waals surface area contributed by atoms with Crippen molar-refractivity contribution in [3.63, 3.8) is 0 Å². The summed E-state index contributed by atoms with van der Waals surface area (Å²) in [6.45, 7) is 8.51. The number of aromatic nitrogens is 2. The second-order valence-electron chi connectivity index (χ2n) is 4.65. The van der Waals surface area contributed by atoms with Crippen LogP contribution in [0.3, 0.4) is 0 Å². The number of hydrogen-bond acceptors (Lipinski definition) is 4. The standard InChI is InChI=1S/C13H22N4/c1-3-17-8-4-5-13(17)10-14-9-12-6-7-15-11(2)16-12/h6-7,13-14H,3-5,8-10H2,1-2H3. The number of nitrogens with zero attached hydrogens (tertiary/aromatic N) is 3. The van der Waals surface area contributed by atoms with Crippen molar-refractivity contribution < 1.29 is 0 Å². The van der Waals surface area contributed by atoms with E-state index in [1.165, 1.54) is 25.9 Å². The first-order chi connectivity index (χ1) is 8.29. The van der Waals surface area contributed by atoms with Crippen LogP contribution in [-0.2, 0) is 6.54 Å². The van der Waals surface area contributed by atoms with Crippen LogP contribution in [0.2, 0.25) is 0 Å². The summed E-state index contributed by atoms with van der Waals surface area (Å²) in [5.74, 6) is 0.848. The van der Waals surface area contributed by atoms with Gasteiger partial charge in [0.2, 0.25) is 0 Å². The molecule has 1 atom stereocenters. The van der Waals surface area contributed by atoms with Gasteiger partial charge in [-0.3, -0.25) is 4.90 Å². The van der Waals surface area contributed by atoms with E-state index in [1.807, 2.05) is 19.2 Å². The van der Waals surface area contributed by atoms with Crippen molar-refractivity contribution in [2.45, 2.75) is 39.3 Å². The molecule has 1 N–H and O–H groups in total. The minimum Gasteiger partial charge on any atom is -0.310 e. The van der Waals surface area contributed by atoms with Gasteiger partial charge >= 0.3 is 0 Å². The lowest BCUT2D eigenvalue weighted by molar-refractivity contribution is 0.259. The van der Waals surface area contributed by atoms with E-state index in [0.29, 0.717) is 6.04 Å². The van der Waals surface area contributed by atoms with Crippen LogP contribution < -0.4 is 5.32 Å². The first-order valence-corrected chi connectivity index (χ1v) is 6.53. The summed E-state index contributed by atoms with van der Waals surface area (Å²) in [6, 6.07) is 2.69. The van der Waals surface area contributed by atoms with Gasteiger partial charge in [0, 0.05) is 25.3 Å². The number of aryl methyl sites for hydroxylation is 1. The van der Waals surface area contributed by atoms with Crippen LogP contribution in [0.15, 0.2) is 12.3 Å². The Balaban J connectivity index is 1.76. The van der Waals surface area contributed by atoms with Gasteiger partial charge in [-0.05, 0) is 38.9 Å². The highest BCUT2D eigenvalue weighted by molar-refractivity contribution is 5.01. The summed E-state index contributed by atoms with van der Waals surface area (Å²) >= 11 is 0. The molecule has 2 heterocycles. The van der Waals surface area contributed by atoms with Crippen LogP contribution >= 0.6 is 0 Å². The average Bonchev–Trinajstić information content (AvgIpc) is 2.77. The second kappa shape index (κ2) is 6.07. The first-order valence-electron chi connectivity index (χ1n) is 6.53. The van der Waals surface area contributed by atoms with Gasteiger partial charge in [-0.1, -0.05) is 6.92 Å². The molecule has 1 aromatic rings. The Morgan fingerprint density at radius 1 is 1.53 bits per heavy atom. The lowest BCUT2D eigenvalue weighted by Gasteiger charge is -2.22. The Bertz CT molecular complexity index is 353. The predicted octanol–water partition coefficient (Wildman–Crippen LogP) is 1.36. The second-order valence-corrected chi connectivity index (χ2v) is 4.65. The number of likely N-dealkylation sites (N-methyl/N-ethyl adjacent to an activating group) is 1. The monoisotopic (exact) mass is 234 g/mol. The van der Waals surface area contributed by atoms with Crippen molar-refractivity contribution in [3.8, 4) is 0 Å². The maximum absolute atomic E-state index is 4.39. The van der Waals surface area contributed by atoms with Gasteiger partial charge < -0.3 is 5.32 Å². The fourth-order valence-electron chi connectivity index (χ4n) is 2.51. The lowest BCUT2D eigenvalue weighted by Crippen LogP contribution is -2.37. The molecule has 0 radical (unpaired) electrons. The molecular formula is C13H22N4. The van der Waals surface area contributed by atoms with Gasteiger partial charge in [-0.15, -0.1) is 0 Å². The van der Waals surface area contributed by atoms with Gasteiger partial charge in [0.15, 0.2) is 0 Å². The maximum Gasteiger partial charge on any atom is 0.125 e. The van der Waals surface area contributed by atoms with E-state index in [4.69, 9.17) is 0 Å². The van der Waals surface area contributed by atoms with Crippen LogP contribution in [0, 0.1) is 6.92 Å². The molecule has 4 heteroatoms. The molecule has 0 aliphatic carbocycles. The first kappa shape index (κ1) is 12.5. The van der Waals surface area contributed by atoms with Gasteiger partial charge in [-0.25, -0.2) is 9.97 Å². The summed E-state index contributed by atoms with van der Waals surface area (Å²) in [4.78, 5) is 11.0. The van der Waals surface area contributed by atoms with Crippen LogP contribution in [0.5, 0.6) is 0 Å². The fourth-order valence-corrected chi connectivity index (χ4v) is 2.51. The van der Waals surface area contributed by atoms with E-state index in [2.05, 4.69) is 27.1 Å². The van der Waals surface area contributed by atoms with Crippen LogP contribution in [0.4, 0.5) is 0 Å². The Morgan fingerprint density at radius 3 is 3.18 bits per heavy atom. The summed E-state index contributed by atoms with van der Waals surface area (Å²) in [5.41, 5.74) is 1.08. The molecule has 94 valence electrons. The molecule has 2 rings (SSSR count). The summed E-state index contributed by atoms with van der Waals surface area (Å²) in [6.07, 6.45) is 4.49. The van der Waals surface area contributed by atoms with Crippen molar-refractivity contribution in [3.05, 3.63) is 23.8 Å². The van der Waals surface area contributed by atoms with E-state index in [1.54, 1.807) is 0 Å². The highest BCUT2D eigenvalue weighted by Crippen LogP contribution is 2.15. The predicted molar refractivity (Wildman–Crippen MR) is 68.7 cm³/mol. The quantitative estimate of drug-likeness (QED) is 0.835. The molecule has 1 fully saturated rings. The van der Waals surface area contributed by atoms with Crippen LogP contribution in [0.25, 0.3) is 0 Å². The molecule has 1 aliphatic rings. The van der Waals surface area contributed by atoms with Crippen molar-refractivity contribution in [1.82, 2.24) is 20.2 Å². The summed E-state index contributed by atoms with van der Waals surface area (Å²) < 4.78 is 0. The third-order valence-electron chi connectivity index (χ3n) is 3.43. The molecule has 4 nitrogen and oxygen atoms in total. The molecule has 1 aliphatic heterocycles. The Morgan fingerprint density at radius 2 is 2.41 bits per heavy atom. The molecule has 0 saturated carbocycles. The summed E-state index contributed by atoms with van der Waals surface area (Å²) in [5, 5.41) is 3.50. The SMILES string of the molecule is CCN1CCCC1CNCc1ccnc(C)n1. The van der Waals surface area contributed by atoms with Crippen molar-refractivity contribution >= 4 is 0 Å². The molecular weight excluding hydrogens is 212 g/mol. The zero-order chi connectivity index (χ0) is 12.1. The van der Waals surface area contributed by atoms with E-state index < -0.39 is 0 Å².